The fourth-order valence-electron chi connectivity index (χ4n) is 1.69. The number of benzene rings is 1. The van der Waals surface area contributed by atoms with Gasteiger partial charge in [-0.1, -0.05) is 0 Å². The first-order valence-corrected chi connectivity index (χ1v) is 6.68. The Hall–Kier alpha value is -1.82. The minimum absolute atomic E-state index is 0.222. The SMILES string of the molecule is Cc1ccc(CC(=O)Nc2ccc(C(F)(F)F)cc2)s1. The predicted molar refractivity (Wildman–Crippen MR) is 72.8 cm³/mol. The van der Waals surface area contributed by atoms with Crippen molar-refractivity contribution in [2.75, 3.05) is 5.32 Å². The molecule has 1 heterocycles. The fraction of sp³-hybridized carbons (Fsp3) is 0.214. The predicted octanol–water partition coefficient (Wildman–Crippen LogP) is 4.26. The molecule has 0 fully saturated rings. The Morgan fingerprint density at radius 1 is 1.15 bits per heavy atom. The van der Waals surface area contributed by atoms with Crippen LogP contribution >= 0.6 is 11.3 Å². The second-order valence-electron chi connectivity index (χ2n) is 4.31. The highest BCUT2D eigenvalue weighted by atomic mass is 32.1. The number of hydrogen-bond acceptors (Lipinski definition) is 2. The number of halogens is 3. The first-order chi connectivity index (χ1) is 9.34. The Balaban J connectivity index is 1.98. The molecule has 1 aromatic carbocycles. The van der Waals surface area contributed by atoms with Crippen LogP contribution < -0.4 is 5.32 Å². The number of carbonyl (C=O) groups is 1. The van der Waals surface area contributed by atoms with Gasteiger partial charge in [-0.2, -0.15) is 13.2 Å². The molecule has 0 saturated heterocycles. The van der Waals surface area contributed by atoms with Gasteiger partial charge in [-0.05, 0) is 43.3 Å². The van der Waals surface area contributed by atoms with Crippen molar-refractivity contribution < 1.29 is 18.0 Å². The van der Waals surface area contributed by atoms with Gasteiger partial charge in [0.25, 0.3) is 0 Å². The van der Waals surface area contributed by atoms with Crippen LogP contribution in [0.2, 0.25) is 0 Å². The van der Waals surface area contributed by atoms with Gasteiger partial charge in [-0.3, -0.25) is 4.79 Å². The van der Waals surface area contributed by atoms with E-state index in [2.05, 4.69) is 5.32 Å². The molecule has 106 valence electrons. The molecule has 0 bridgehead atoms. The van der Waals surface area contributed by atoms with E-state index in [9.17, 15) is 18.0 Å². The van der Waals surface area contributed by atoms with Crippen molar-refractivity contribution in [2.24, 2.45) is 0 Å². The van der Waals surface area contributed by atoms with E-state index in [1.807, 2.05) is 19.1 Å². The highest BCUT2D eigenvalue weighted by Gasteiger charge is 2.29. The highest BCUT2D eigenvalue weighted by molar-refractivity contribution is 7.12. The molecule has 0 aliphatic carbocycles. The molecule has 0 aliphatic rings. The first-order valence-electron chi connectivity index (χ1n) is 5.87. The average Bonchev–Trinajstić information content (AvgIpc) is 2.74. The summed E-state index contributed by atoms with van der Waals surface area (Å²) in [6.45, 7) is 1.95. The van der Waals surface area contributed by atoms with Crippen molar-refractivity contribution in [3.63, 3.8) is 0 Å². The van der Waals surface area contributed by atoms with Gasteiger partial charge in [0, 0.05) is 15.4 Å². The van der Waals surface area contributed by atoms with Gasteiger partial charge in [0.1, 0.15) is 0 Å². The zero-order chi connectivity index (χ0) is 14.8. The Morgan fingerprint density at radius 3 is 2.30 bits per heavy atom. The van der Waals surface area contributed by atoms with Crippen molar-refractivity contribution in [3.8, 4) is 0 Å². The minimum atomic E-state index is -4.36. The Bertz CT molecular complexity index is 602. The van der Waals surface area contributed by atoms with Crippen LogP contribution in [0.3, 0.4) is 0 Å². The second-order valence-corrected chi connectivity index (χ2v) is 5.68. The molecule has 0 atom stereocenters. The molecule has 0 unspecified atom stereocenters. The smallest absolute Gasteiger partial charge is 0.326 e. The van der Waals surface area contributed by atoms with Gasteiger partial charge in [-0.25, -0.2) is 0 Å². The standard InChI is InChI=1S/C14H12F3NOS/c1-9-2-7-12(20-9)8-13(19)18-11-5-3-10(4-6-11)14(15,16)17/h2-7H,8H2,1H3,(H,18,19). The number of carbonyl (C=O) groups excluding carboxylic acids is 1. The molecule has 0 saturated carbocycles. The lowest BCUT2D eigenvalue weighted by molar-refractivity contribution is -0.137. The second kappa shape index (κ2) is 5.66. The first kappa shape index (κ1) is 14.6. The van der Waals surface area contributed by atoms with Crippen molar-refractivity contribution in [2.45, 2.75) is 19.5 Å². The van der Waals surface area contributed by atoms with Crippen LogP contribution in [0.4, 0.5) is 18.9 Å². The molecule has 0 aliphatic heterocycles. The van der Waals surface area contributed by atoms with E-state index in [1.165, 1.54) is 23.5 Å². The molecule has 2 nitrogen and oxygen atoms in total. The van der Waals surface area contributed by atoms with Gasteiger partial charge in [-0.15, -0.1) is 11.3 Å². The average molecular weight is 299 g/mol. The van der Waals surface area contributed by atoms with Crippen LogP contribution in [0.15, 0.2) is 36.4 Å². The number of aryl methyl sites for hydroxylation is 1. The lowest BCUT2D eigenvalue weighted by atomic mass is 10.2. The van der Waals surface area contributed by atoms with Crippen LogP contribution in [-0.4, -0.2) is 5.91 Å². The number of hydrogen-bond donors (Lipinski definition) is 1. The van der Waals surface area contributed by atoms with E-state index in [0.29, 0.717) is 5.69 Å². The zero-order valence-corrected chi connectivity index (χ0v) is 11.4. The number of anilines is 1. The number of amides is 1. The molecule has 1 aromatic heterocycles. The van der Waals surface area contributed by atoms with E-state index < -0.39 is 11.7 Å². The van der Waals surface area contributed by atoms with E-state index >= 15 is 0 Å². The summed E-state index contributed by atoms with van der Waals surface area (Å²) >= 11 is 1.52. The largest absolute Gasteiger partial charge is 0.416 e. The lowest BCUT2D eigenvalue weighted by Crippen LogP contribution is -2.14. The number of nitrogens with one attached hydrogen (secondary N) is 1. The Kier molecular flexibility index (Phi) is 4.13. The summed E-state index contributed by atoms with van der Waals surface area (Å²) in [6, 6.07) is 8.19. The molecular formula is C14H12F3NOS. The molecule has 0 spiro atoms. The van der Waals surface area contributed by atoms with E-state index in [1.54, 1.807) is 0 Å². The molecule has 1 amide bonds. The fourth-order valence-corrected chi connectivity index (χ4v) is 2.58. The van der Waals surface area contributed by atoms with Crippen LogP contribution in [0.5, 0.6) is 0 Å². The third-order valence-corrected chi connectivity index (χ3v) is 3.63. The maximum absolute atomic E-state index is 12.4. The zero-order valence-electron chi connectivity index (χ0n) is 10.6. The highest BCUT2D eigenvalue weighted by Crippen LogP contribution is 2.29. The maximum atomic E-state index is 12.4. The monoisotopic (exact) mass is 299 g/mol. The van der Waals surface area contributed by atoms with Crippen molar-refractivity contribution in [3.05, 3.63) is 51.7 Å². The number of alkyl halides is 3. The summed E-state index contributed by atoms with van der Waals surface area (Å²) in [5.41, 5.74) is -0.374. The summed E-state index contributed by atoms with van der Waals surface area (Å²) < 4.78 is 37.2. The molecular weight excluding hydrogens is 287 g/mol. The Morgan fingerprint density at radius 2 is 1.80 bits per heavy atom. The van der Waals surface area contributed by atoms with Crippen LogP contribution in [0, 0.1) is 6.92 Å². The van der Waals surface area contributed by atoms with Crippen molar-refractivity contribution >= 4 is 22.9 Å². The van der Waals surface area contributed by atoms with Crippen LogP contribution in [-0.2, 0) is 17.4 Å². The van der Waals surface area contributed by atoms with Gasteiger partial charge < -0.3 is 5.32 Å². The van der Waals surface area contributed by atoms with E-state index in [4.69, 9.17) is 0 Å². The number of rotatable bonds is 3. The topological polar surface area (TPSA) is 29.1 Å². The normalized spacial score (nSPS) is 11.4. The van der Waals surface area contributed by atoms with Crippen LogP contribution in [0.1, 0.15) is 15.3 Å². The summed E-state index contributed by atoms with van der Waals surface area (Å²) in [5.74, 6) is -0.244. The quantitative estimate of drug-likeness (QED) is 0.901. The molecule has 1 N–H and O–H groups in total. The van der Waals surface area contributed by atoms with E-state index in [0.717, 1.165) is 21.9 Å². The molecule has 20 heavy (non-hydrogen) atoms. The molecule has 2 aromatic rings. The minimum Gasteiger partial charge on any atom is -0.326 e. The van der Waals surface area contributed by atoms with Gasteiger partial charge in [0.05, 0.1) is 12.0 Å². The van der Waals surface area contributed by atoms with Crippen molar-refractivity contribution in [1.29, 1.82) is 0 Å². The molecule has 0 radical (unpaired) electrons. The molecule has 6 heteroatoms. The third kappa shape index (κ3) is 3.84. The summed E-state index contributed by atoms with van der Waals surface area (Å²) in [4.78, 5) is 13.8. The van der Waals surface area contributed by atoms with Crippen molar-refractivity contribution in [1.82, 2.24) is 0 Å². The molecule has 2 rings (SSSR count). The van der Waals surface area contributed by atoms with E-state index in [-0.39, 0.29) is 12.3 Å². The summed E-state index contributed by atoms with van der Waals surface area (Å²) in [6.07, 6.45) is -4.14. The number of thiophene rings is 1. The lowest BCUT2D eigenvalue weighted by Gasteiger charge is -2.08. The van der Waals surface area contributed by atoms with Gasteiger partial charge >= 0.3 is 6.18 Å². The maximum Gasteiger partial charge on any atom is 0.416 e. The summed E-state index contributed by atoms with van der Waals surface area (Å²) in [5, 5.41) is 2.58. The third-order valence-electron chi connectivity index (χ3n) is 2.63. The van der Waals surface area contributed by atoms with Gasteiger partial charge in [0.15, 0.2) is 0 Å². The van der Waals surface area contributed by atoms with Gasteiger partial charge in [0.2, 0.25) is 5.91 Å². The summed E-state index contributed by atoms with van der Waals surface area (Å²) in [7, 11) is 0. The van der Waals surface area contributed by atoms with Crippen LogP contribution in [0.25, 0.3) is 0 Å². The Labute approximate surface area is 118 Å².